The number of amides is 1. The van der Waals surface area contributed by atoms with E-state index in [0.717, 1.165) is 18.4 Å². The molecule has 1 aromatic carbocycles. The van der Waals surface area contributed by atoms with Crippen molar-refractivity contribution in [3.05, 3.63) is 23.3 Å². The molecular formula is C14H20N2O2. The molecule has 0 saturated heterocycles. The lowest BCUT2D eigenvalue weighted by atomic mass is 10.1. The molecule has 0 fully saturated rings. The first kappa shape index (κ1) is 12.7. The third kappa shape index (κ3) is 2.58. The predicted octanol–water partition coefficient (Wildman–Crippen LogP) is 2.33. The summed E-state index contributed by atoms with van der Waals surface area (Å²) in [6.07, 6.45) is 2.30. The molecule has 1 amide bonds. The Balaban J connectivity index is 2.08. The van der Waals surface area contributed by atoms with Gasteiger partial charge in [0.2, 0.25) is 0 Å². The smallest absolute Gasteiger partial charge is 0.251 e. The highest BCUT2D eigenvalue weighted by atomic mass is 16.5. The van der Waals surface area contributed by atoms with Gasteiger partial charge in [-0.05, 0) is 30.0 Å². The van der Waals surface area contributed by atoms with Crippen LogP contribution in [0.25, 0.3) is 0 Å². The summed E-state index contributed by atoms with van der Waals surface area (Å²) in [5.41, 5.74) is 8.08. The zero-order chi connectivity index (χ0) is 13.1. The molecule has 0 aliphatic carbocycles. The summed E-state index contributed by atoms with van der Waals surface area (Å²) >= 11 is 0. The van der Waals surface area contributed by atoms with Crippen molar-refractivity contribution in [3.63, 3.8) is 0 Å². The van der Waals surface area contributed by atoms with E-state index in [1.165, 1.54) is 0 Å². The summed E-state index contributed by atoms with van der Waals surface area (Å²) in [5.74, 6) is 1.15. The standard InChI is InChI=1S/C14H20N2O2/c1-3-4-9(2)8-18-13-5-10-7-16-14(17)11(10)6-12(13)15/h5-6,9H,3-4,7-8,15H2,1-2H3,(H,16,17). The number of ether oxygens (including phenoxy) is 1. The van der Waals surface area contributed by atoms with Crippen molar-refractivity contribution in [1.29, 1.82) is 0 Å². The average Bonchev–Trinajstić information content (AvgIpc) is 2.68. The number of carbonyl (C=O) groups is 1. The van der Waals surface area contributed by atoms with Gasteiger partial charge < -0.3 is 15.8 Å². The van der Waals surface area contributed by atoms with Crippen molar-refractivity contribution in [2.45, 2.75) is 33.2 Å². The minimum Gasteiger partial charge on any atom is -0.491 e. The van der Waals surface area contributed by atoms with Crippen LogP contribution in [0, 0.1) is 5.92 Å². The largest absolute Gasteiger partial charge is 0.491 e. The molecule has 98 valence electrons. The molecule has 18 heavy (non-hydrogen) atoms. The maximum atomic E-state index is 11.5. The van der Waals surface area contributed by atoms with Gasteiger partial charge in [-0.25, -0.2) is 0 Å². The van der Waals surface area contributed by atoms with E-state index in [1.807, 2.05) is 6.07 Å². The van der Waals surface area contributed by atoms with Crippen LogP contribution in [0.1, 0.15) is 42.6 Å². The topological polar surface area (TPSA) is 64.3 Å². The first-order chi connectivity index (χ1) is 8.61. The molecular weight excluding hydrogens is 228 g/mol. The predicted molar refractivity (Wildman–Crippen MR) is 71.6 cm³/mol. The second-order valence-electron chi connectivity index (χ2n) is 4.93. The molecule has 1 atom stereocenters. The molecule has 4 heteroatoms. The fraction of sp³-hybridized carbons (Fsp3) is 0.500. The van der Waals surface area contributed by atoms with Gasteiger partial charge in [0.05, 0.1) is 12.3 Å². The quantitative estimate of drug-likeness (QED) is 0.786. The summed E-state index contributed by atoms with van der Waals surface area (Å²) in [5, 5.41) is 2.77. The Bertz CT molecular complexity index is 457. The maximum absolute atomic E-state index is 11.5. The number of nitrogen functional groups attached to an aromatic ring is 1. The van der Waals surface area contributed by atoms with Gasteiger partial charge in [-0.3, -0.25) is 4.79 Å². The second-order valence-corrected chi connectivity index (χ2v) is 4.93. The third-order valence-electron chi connectivity index (χ3n) is 3.22. The summed E-state index contributed by atoms with van der Waals surface area (Å²) < 4.78 is 5.75. The number of hydrogen-bond acceptors (Lipinski definition) is 3. The van der Waals surface area contributed by atoms with E-state index < -0.39 is 0 Å². The molecule has 4 nitrogen and oxygen atoms in total. The molecule has 1 aromatic rings. The van der Waals surface area contributed by atoms with Crippen LogP contribution in [-0.2, 0) is 6.54 Å². The van der Waals surface area contributed by atoms with Crippen LogP contribution in [0.4, 0.5) is 5.69 Å². The first-order valence-corrected chi connectivity index (χ1v) is 6.45. The lowest BCUT2D eigenvalue weighted by Crippen LogP contribution is -2.12. The van der Waals surface area contributed by atoms with E-state index >= 15 is 0 Å². The Morgan fingerprint density at radius 1 is 1.50 bits per heavy atom. The van der Waals surface area contributed by atoms with Gasteiger partial charge in [0.25, 0.3) is 5.91 Å². The van der Waals surface area contributed by atoms with Crippen molar-refractivity contribution in [1.82, 2.24) is 5.32 Å². The molecule has 3 N–H and O–H groups in total. The zero-order valence-corrected chi connectivity index (χ0v) is 11.0. The molecule has 0 bridgehead atoms. The number of carbonyl (C=O) groups excluding carboxylic acids is 1. The Hall–Kier alpha value is -1.71. The summed E-state index contributed by atoms with van der Waals surface area (Å²) in [6.45, 7) is 5.56. The molecule has 1 aliphatic rings. The Kier molecular flexibility index (Phi) is 3.75. The molecule has 0 radical (unpaired) electrons. The lowest BCUT2D eigenvalue weighted by molar-refractivity contribution is 0.0966. The first-order valence-electron chi connectivity index (χ1n) is 6.45. The van der Waals surface area contributed by atoms with Crippen LogP contribution < -0.4 is 15.8 Å². The van der Waals surface area contributed by atoms with Gasteiger partial charge in [0.1, 0.15) is 5.75 Å². The van der Waals surface area contributed by atoms with Gasteiger partial charge in [0, 0.05) is 12.1 Å². The molecule has 1 aliphatic heterocycles. The van der Waals surface area contributed by atoms with Crippen LogP contribution in [-0.4, -0.2) is 12.5 Å². The number of fused-ring (bicyclic) bond motifs is 1. The van der Waals surface area contributed by atoms with Gasteiger partial charge in [-0.2, -0.15) is 0 Å². The fourth-order valence-corrected chi connectivity index (χ4v) is 2.20. The molecule has 2 rings (SSSR count). The minimum absolute atomic E-state index is 0.0531. The minimum atomic E-state index is -0.0531. The fourth-order valence-electron chi connectivity index (χ4n) is 2.20. The molecule has 0 aromatic heterocycles. The van der Waals surface area contributed by atoms with E-state index in [0.29, 0.717) is 36.1 Å². The third-order valence-corrected chi connectivity index (χ3v) is 3.22. The lowest BCUT2D eigenvalue weighted by Gasteiger charge is -2.14. The van der Waals surface area contributed by atoms with Crippen LogP contribution in [0.3, 0.4) is 0 Å². The van der Waals surface area contributed by atoms with Crippen molar-refractivity contribution in [2.75, 3.05) is 12.3 Å². The van der Waals surface area contributed by atoms with Crippen LogP contribution in [0.2, 0.25) is 0 Å². The van der Waals surface area contributed by atoms with E-state index in [2.05, 4.69) is 19.2 Å². The Labute approximate surface area is 108 Å². The average molecular weight is 248 g/mol. The summed E-state index contributed by atoms with van der Waals surface area (Å²) in [6, 6.07) is 3.58. The maximum Gasteiger partial charge on any atom is 0.251 e. The summed E-state index contributed by atoms with van der Waals surface area (Å²) in [4.78, 5) is 11.5. The monoisotopic (exact) mass is 248 g/mol. The SMILES string of the molecule is CCCC(C)COc1cc2c(cc1N)C(=O)NC2. The number of nitrogens with two attached hydrogens (primary N) is 1. The Morgan fingerprint density at radius 2 is 2.28 bits per heavy atom. The number of hydrogen-bond donors (Lipinski definition) is 2. The van der Waals surface area contributed by atoms with Crippen molar-refractivity contribution in [2.24, 2.45) is 5.92 Å². The zero-order valence-electron chi connectivity index (χ0n) is 11.0. The van der Waals surface area contributed by atoms with Gasteiger partial charge in [-0.1, -0.05) is 20.3 Å². The second kappa shape index (κ2) is 5.29. The summed E-state index contributed by atoms with van der Waals surface area (Å²) in [7, 11) is 0. The van der Waals surface area contributed by atoms with E-state index in [1.54, 1.807) is 6.07 Å². The number of anilines is 1. The number of rotatable bonds is 5. The number of benzene rings is 1. The molecule has 1 unspecified atom stereocenters. The highest BCUT2D eigenvalue weighted by Crippen LogP contribution is 2.29. The Morgan fingerprint density at radius 3 is 3.00 bits per heavy atom. The normalized spacial score (nSPS) is 15.1. The van der Waals surface area contributed by atoms with Crippen molar-refractivity contribution < 1.29 is 9.53 Å². The van der Waals surface area contributed by atoms with Crippen molar-refractivity contribution >= 4 is 11.6 Å². The van der Waals surface area contributed by atoms with Crippen molar-refractivity contribution in [3.8, 4) is 5.75 Å². The van der Waals surface area contributed by atoms with E-state index in [4.69, 9.17) is 10.5 Å². The molecule has 0 saturated carbocycles. The van der Waals surface area contributed by atoms with E-state index in [9.17, 15) is 4.79 Å². The number of nitrogens with one attached hydrogen (secondary N) is 1. The van der Waals surface area contributed by atoms with Gasteiger partial charge >= 0.3 is 0 Å². The van der Waals surface area contributed by atoms with Gasteiger partial charge in [0.15, 0.2) is 0 Å². The molecule has 1 heterocycles. The highest BCUT2D eigenvalue weighted by Gasteiger charge is 2.21. The van der Waals surface area contributed by atoms with Gasteiger partial charge in [-0.15, -0.1) is 0 Å². The van der Waals surface area contributed by atoms with E-state index in [-0.39, 0.29) is 5.91 Å². The van der Waals surface area contributed by atoms with Crippen LogP contribution in [0.15, 0.2) is 12.1 Å². The van der Waals surface area contributed by atoms with Crippen LogP contribution in [0.5, 0.6) is 5.75 Å². The van der Waals surface area contributed by atoms with Crippen LogP contribution >= 0.6 is 0 Å². The molecule has 0 spiro atoms. The highest BCUT2D eigenvalue weighted by molar-refractivity contribution is 5.99.